The topological polar surface area (TPSA) is 30.9 Å². The highest BCUT2D eigenvalue weighted by Gasteiger charge is 2.34. The summed E-state index contributed by atoms with van der Waals surface area (Å²) in [5.41, 5.74) is 8.60. The van der Waals surface area contributed by atoms with Gasteiger partial charge in [-0.15, -0.1) is 0 Å². The van der Waals surface area contributed by atoms with Gasteiger partial charge in [0.25, 0.3) is 0 Å². The molecule has 1 aliphatic rings. The molecule has 0 aliphatic heterocycles. The molecule has 0 saturated heterocycles. The van der Waals surface area contributed by atoms with E-state index in [9.17, 15) is 0 Å². The molecule has 0 atom stereocenters. The molecule has 0 amide bonds. The molecule has 3 heteroatoms. The molecule has 1 fully saturated rings. The van der Waals surface area contributed by atoms with Crippen molar-refractivity contribution in [3.05, 3.63) is 35.0 Å². The Labute approximate surface area is 100.0 Å². The van der Waals surface area contributed by atoms with Crippen LogP contribution in [0.5, 0.6) is 0 Å². The van der Waals surface area contributed by atoms with Crippen LogP contribution in [0.15, 0.2) is 24.4 Å². The lowest BCUT2D eigenvalue weighted by atomic mass is 9.72. The summed E-state index contributed by atoms with van der Waals surface area (Å²) in [6.45, 7) is 0. The Morgan fingerprint density at radius 2 is 2.12 bits per heavy atom. The van der Waals surface area contributed by atoms with Crippen LogP contribution >= 0.6 is 11.6 Å². The Morgan fingerprint density at radius 3 is 2.75 bits per heavy atom. The Balaban J connectivity index is 2.19. The zero-order chi connectivity index (χ0) is 11.3. The van der Waals surface area contributed by atoms with Crippen LogP contribution in [0.1, 0.15) is 24.8 Å². The molecule has 1 saturated carbocycles. The molecular weight excluding hydrogens is 220 g/mol. The van der Waals surface area contributed by atoms with E-state index in [1.54, 1.807) is 0 Å². The first-order valence-corrected chi connectivity index (χ1v) is 6.02. The van der Waals surface area contributed by atoms with Gasteiger partial charge in [0.1, 0.15) is 0 Å². The number of hydrogen-bond acceptors (Lipinski definition) is 1. The van der Waals surface area contributed by atoms with Gasteiger partial charge in [-0.25, -0.2) is 0 Å². The molecule has 84 valence electrons. The van der Waals surface area contributed by atoms with Gasteiger partial charge >= 0.3 is 0 Å². The highest BCUT2D eigenvalue weighted by atomic mass is 35.5. The predicted octanol–water partition coefficient (Wildman–Crippen LogP) is 3.17. The summed E-state index contributed by atoms with van der Waals surface area (Å²) >= 11 is 6.20. The molecule has 2 N–H and O–H groups in total. The average Bonchev–Trinajstić information content (AvgIpc) is 2.51. The molecule has 16 heavy (non-hydrogen) atoms. The van der Waals surface area contributed by atoms with Crippen LogP contribution in [-0.4, -0.2) is 4.57 Å². The maximum absolute atomic E-state index is 6.32. The van der Waals surface area contributed by atoms with E-state index in [1.165, 1.54) is 12.0 Å². The predicted molar refractivity (Wildman–Crippen MR) is 67.6 cm³/mol. The average molecular weight is 235 g/mol. The zero-order valence-electron chi connectivity index (χ0n) is 9.33. The Morgan fingerprint density at radius 1 is 1.38 bits per heavy atom. The normalized spacial score (nSPS) is 18.7. The van der Waals surface area contributed by atoms with Gasteiger partial charge in [0.05, 0.1) is 5.02 Å². The van der Waals surface area contributed by atoms with Gasteiger partial charge in [-0.05, 0) is 37.0 Å². The monoisotopic (exact) mass is 234 g/mol. The van der Waals surface area contributed by atoms with Gasteiger partial charge < -0.3 is 10.3 Å². The Kier molecular flexibility index (Phi) is 2.07. The summed E-state index contributed by atoms with van der Waals surface area (Å²) in [5, 5.41) is 1.92. The quantitative estimate of drug-likeness (QED) is 0.807. The third-order valence-corrected chi connectivity index (χ3v) is 4.06. The van der Waals surface area contributed by atoms with Crippen molar-refractivity contribution < 1.29 is 0 Å². The first kappa shape index (κ1) is 10.2. The van der Waals surface area contributed by atoms with Crippen molar-refractivity contribution in [1.29, 1.82) is 0 Å². The number of nitrogens with zero attached hydrogens (tertiary/aromatic N) is 1. The summed E-state index contributed by atoms with van der Waals surface area (Å²) in [4.78, 5) is 0. The van der Waals surface area contributed by atoms with Gasteiger partial charge in [0.2, 0.25) is 0 Å². The highest BCUT2D eigenvalue weighted by molar-refractivity contribution is 6.35. The Bertz CT molecular complexity index is 552. The molecular formula is C13H15ClN2. The lowest BCUT2D eigenvalue weighted by Crippen LogP contribution is -2.43. The van der Waals surface area contributed by atoms with Crippen LogP contribution in [0.3, 0.4) is 0 Å². The van der Waals surface area contributed by atoms with E-state index in [-0.39, 0.29) is 5.54 Å². The summed E-state index contributed by atoms with van der Waals surface area (Å²) in [7, 11) is 2.01. The van der Waals surface area contributed by atoms with Crippen LogP contribution in [0.4, 0.5) is 0 Å². The number of nitrogens with two attached hydrogens (primary N) is 1. The molecule has 1 aromatic heterocycles. The second kappa shape index (κ2) is 3.25. The van der Waals surface area contributed by atoms with Crippen LogP contribution in [-0.2, 0) is 12.6 Å². The van der Waals surface area contributed by atoms with Gasteiger partial charge in [0, 0.05) is 29.7 Å². The first-order chi connectivity index (χ1) is 7.60. The van der Waals surface area contributed by atoms with Crippen molar-refractivity contribution in [2.24, 2.45) is 12.8 Å². The fourth-order valence-electron chi connectivity index (χ4n) is 2.50. The standard InChI is InChI=1S/C13H15ClN2/c1-16-8-11(14)10-7-9(3-4-12(10)16)13(15)5-2-6-13/h3-4,7-8H,2,5-6,15H2,1H3. The number of aromatic nitrogens is 1. The third kappa shape index (κ3) is 1.30. The van der Waals surface area contributed by atoms with Crippen molar-refractivity contribution >= 4 is 22.5 Å². The number of benzene rings is 1. The molecule has 1 aromatic carbocycles. The number of halogens is 1. The third-order valence-electron chi connectivity index (χ3n) is 3.76. The number of aryl methyl sites for hydroxylation is 1. The number of hydrogen-bond donors (Lipinski definition) is 1. The summed E-state index contributed by atoms with van der Waals surface area (Å²) in [6, 6.07) is 6.40. The molecule has 0 unspecified atom stereocenters. The summed E-state index contributed by atoms with van der Waals surface area (Å²) in [6.07, 6.45) is 5.35. The minimum atomic E-state index is -0.104. The first-order valence-electron chi connectivity index (χ1n) is 5.64. The Hall–Kier alpha value is -0.990. The minimum Gasteiger partial charge on any atom is -0.349 e. The summed E-state index contributed by atoms with van der Waals surface area (Å²) in [5.74, 6) is 0. The van der Waals surface area contributed by atoms with E-state index in [1.807, 2.05) is 17.8 Å². The van der Waals surface area contributed by atoms with Crippen LogP contribution in [0.2, 0.25) is 5.02 Å². The molecule has 2 aromatic rings. The van der Waals surface area contributed by atoms with Crippen molar-refractivity contribution in [3.8, 4) is 0 Å². The molecule has 0 radical (unpaired) electrons. The van der Waals surface area contributed by atoms with Crippen molar-refractivity contribution in [3.63, 3.8) is 0 Å². The van der Waals surface area contributed by atoms with Crippen molar-refractivity contribution in [1.82, 2.24) is 4.57 Å². The van der Waals surface area contributed by atoms with Crippen LogP contribution in [0.25, 0.3) is 10.9 Å². The summed E-state index contributed by atoms with van der Waals surface area (Å²) < 4.78 is 2.05. The van der Waals surface area contributed by atoms with Crippen molar-refractivity contribution in [2.45, 2.75) is 24.8 Å². The molecule has 1 heterocycles. The van der Waals surface area contributed by atoms with E-state index in [0.29, 0.717) is 0 Å². The van der Waals surface area contributed by atoms with Crippen molar-refractivity contribution in [2.75, 3.05) is 0 Å². The number of rotatable bonds is 1. The van der Waals surface area contributed by atoms with E-state index in [4.69, 9.17) is 17.3 Å². The molecule has 0 bridgehead atoms. The minimum absolute atomic E-state index is 0.104. The largest absolute Gasteiger partial charge is 0.349 e. The fourth-order valence-corrected chi connectivity index (χ4v) is 2.80. The van der Waals surface area contributed by atoms with Gasteiger partial charge in [-0.2, -0.15) is 0 Å². The second-order valence-corrected chi connectivity index (χ2v) is 5.24. The molecule has 1 aliphatic carbocycles. The van der Waals surface area contributed by atoms with Gasteiger partial charge in [0.15, 0.2) is 0 Å². The van der Waals surface area contributed by atoms with E-state index >= 15 is 0 Å². The zero-order valence-corrected chi connectivity index (χ0v) is 10.1. The van der Waals surface area contributed by atoms with E-state index < -0.39 is 0 Å². The molecule has 0 spiro atoms. The SMILES string of the molecule is Cn1cc(Cl)c2cc(C3(N)CCC3)ccc21. The van der Waals surface area contributed by atoms with Gasteiger partial charge in [-0.3, -0.25) is 0 Å². The highest BCUT2D eigenvalue weighted by Crippen LogP contribution is 2.40. The van der Waals surface area contributed by atoms with Crippen LogP contribution in [0, 0.1) is 0 Å². The van der Waals surface area contributed by atoms with Gasteiger partial charge in [-0.1, -0.05) is 17.7 Å². The molecule has 2 nitrogen and oxygen atoms in total. The lowest BCUT2D eigenvalue weighted by Gasteiger charge is -2.38. The maximum atomic E-state index is 6.32. The second-order valence-electron chi connectivity index (χ2n) is 4.83. The smallest absolute Gasteiger partial charge is 0.0661 e. The van der Waals surface area contributed by atoms with E-state index in [2.05, 4.69) is 18.2 Å². The fraction of sp³-hybridized carbons (Fsp3) is 0.385. The van der Waals surface area contributed by atoms with E-state index in [0.717, 1.165) is 28.8 Å². The lowest BCUT2D eigenvalue weighted by molar-refractivity contribution is 0.254. The molecule has 3 rings (SSSR count). The number of fused-ring (bicyclic) bond motifs is 1. The maximum Gasteiger partial charge on any atom is 0.0661 e. The van der Waals surface area contributed by atoms with Crippen LogP contribution < -0.4 is 5.73 Å².